The van der Waals surface area contributed by atoms with Crippen LogP contribution in [0.2, 0.25) is 0 Å². The Labute approximate surface area is 168 Å². The van der Waals surface area contributed by atoms with Gasteiger partial charge >= 0.3 is 0 Å². The standard InChI is InChI=1S/C23H25F2N3O/c1-15-2-4-16(5-3-15)6-7-17-10-12-28(13-11-17)23(29)18-8-9-19-20(14-18)27-22(26-19)21(24)25/h2-5,8-9,14,17,21H,6-7,10-13H2,1H3,(H,26,27). The van der Waals surface area contributed by atoms with Crippen LogP contribution in [0.1, 0.15) is 53.0 Å². The molecule has 29 heavy (non-hydrogen) atoms. The Balaban J connectivity index is 1.33. The molecule has 1 aromatic heterocycles. The van der Waals surface area contributed by atoms with Crippen LogP contribution in [-0.2, 0) is 6.42 Å². The van der Waals surface area contributed by atoms with Gasteiger partial charge in [0.15, 0.2) is 5.82 Å². The molecule has 0 spiro atoms. The minimum Gasteiger partial charge on any atom is -0.339 e. The normalized spacial score (nSPS) is 15.4. The molecule has 1 amide bonds. The number of nitrogens with one attached hydrogen (secondary N) is 1. The summed E-state index contributed by atoms with van der Waals surface area (Å²) >= 11 is 0. The van der Waals surface area contributed by atoms with E-state index in [4.69, 9.17) is 0 Å². The molecule has 0 bridgehead atoms. The summed E-state index contributed by atoms with van der Waals surface area (Å²) in [5.74, 6) is 0.222. The predicted molar refractivity (Wildman–Crippen MR) is 109 cm³/mol. The number of alkyl halides is 2. The lowest BCUT2D eigenvalue weighted by atomic mass is 9.90. The lowest BCUT2D eigenvalue weighted by molar-refractivity contribution is 0.0687. The quantitative estimate of drug-likeness (QED) is 0.636. The summed E-state index contributed by atoms with van der Waals surface area (Å²) in [4.78, 5) is 21.2. The van der Waals surface area contributed by atoms with Gasteiger partial charge in [0.1, 0.15) is 0 Å². The molecule has 152 valence electrons. The number of amides is 1. The molecule has 0 saturated carbocycles. The van der Waals surface area contributed by atoms with Gasteiger partial charge in [0.05, 0.1) is 11.0 Å². The molecular weight excluding hydrogens is 372 g/mol. The molecule has 4 rings (SSSR count). The fourth-order valence-electron chi connectivity index (χ4n) is 4.00. The minimum atomic E-state index is -2.65. The van der Waals surface area contributed by atoms with Crippen LogP contribution in [0.3, 0.4) is 0 Å². The van der Waals surface area contributed by atoms with Crippen LogP contribution in [0.5, 0.6) is 0 Å². The van der Waals surface area contributed by atoms with Gasteiger partial charge in [-0.15, -0.1) is 0 Å². The molecule has 3 aromatic rings. The molecule has 0 atom stereocenters. The van der Waals surface area contributed by atoms with E-state index in [1.54, 1.807) is 18.2 Å². The first kappa shape index (κ1) is 19.6. The van der Waals surface area contributed by atoms with E-state index >= 15 is 0 Å². The zero-order chi connectivity index (χ0) is 20.4. The maximum absolute atomic E-state index is 12.8. The highest BCUT2D eigenvalue weighted by Gasteiger charge is 2.24. The van der Waals surface area contributed by atoms with Crippen LogP contribution in [0.4, 0.5) is 8.78 Å². The molecule has 1 saturated heterocycles. The highest BCUT2D eigenvalue weighted by Crippen LogP contribution is 2.25. The van der Waals surface area contributed by atoms with Crippen LogP contribution < -0.4 is 0 Å². The number of piperidine rings is 1. The first-order chi connectivity index (χ1) is 14.0. The molecule has 2 heterocycles. The summed E-state index contributed by atoms with van der Waals surface area (Å²) in [6.45, 7) is 3.57. The molecule has 1 aliphatic heterocycles. The Hall–Kier alpha value is -2.76. The van der Waals surface area contributed by atoms with Crippen molar-refractivity contribution in [1.82, 2.24) is 14.9 Å². The third-order valence-corrected chi connectivity index (χ3v) is 5.82. The third-order valence-electron chi connectivity index (χ3n) is 5.82. The summed E-state index contributed by atoms with van der Waals surface area (Å²) in [5, 5.41) is 0. The van der Waals surface area contributed by atoms with E-state index in [-0.39, 0.29) is 11.7 Å². The van der Waals surface area contributed by atoms with E-state index in [2.05, 4.69) is 41.2 Å². The van der Waals surface area contributed by atoms with Crippen molar-refractivity contribution in [2.24, 2.45) is 5.92 Å². The number of likely N-dealkylation sites (tertiary alicyclic amines) is 1. The largest absolute Gasteiger partial charge is 0.339 e. The van der Waals surface area contributed by atoms with Crippen LogP contribution in [-0.4, -0.2) is 33.9 Å². The number of aromatic amines is 1. The van der Waals surface area contributed by atoms with Crippen molar-refractivity contribution in [3.63, 3.8) is 0 Å². The third kappa shape index (κ3) is 4.47. The zero-order valence-electron chi connectivity index (χ0n) is 16.5. The van der Waals surface area contributed by atoms with Gasteiger partial charge in [-0.25, -0.2) is 13.8 Å². The van der Waals surface area contributed by atoms with Crippen LogP contribution in [0.15, 0.2) is 42.5 Å². The molecule has 6 heteroatoms. The molecule has 1 fully saturated rings. The number of hydrogen-bond acceptors (Lipinski definition) is 2. The molecule has 0 unspecified atom stereocenters. The second-order valence-electron chi connectivity index (χ2n) is 7.91. The van der Waals surface area contributed by atoms with Crippen molar-refractivity contribution in [2.75, 3.05) is 13.1 Å². The fraction of sp³-hybridized carbons (Fsp3) is 0.391. The van der Waals surface area contributed by atoms with E-state index in [0.29, 0.717) is 22.5 Å². The second-order valence-corrected chi connectivity index (χ2v) is 7.91. The Bertz CT molecular complexity index is 989. The minimum absolute atomic E-state index is 0.0444. The van der Waals surface area contributed by atoms with Crippen LogP contribution >= 0.6 is 0 Å². The fourth-order valence-corrected chi connectivity index (χ4v) is 4.00. The zero-order valence-corrected chi connectivity index (χ0v) is 16.5. The molecule has 1 aliphatic rings. The molecule has 0 aliphatic carbocycles. The van der Waals surface area contributed by atoms with Crippen molar-refractivity contribution < 1.29 is 13.6 Å². The highest BCUT2D eigenvalue weighted by atomic mass is 19.3. The van der Waals surface area contributed by atoms with E-state index in [0.717, 1.165) is 38.8 Å². The predicted octanol–water partition coefficient (Wildman–Crippen LogP) is 5.29. The summed E-state index contributed by atoms with van der Waals surface area (Å²) in [5.41, 5.74) is 4.08. The number of aromatic nitrogens is 2. The van der Waals surface area contributed by atoms with Crippen LogP contribution in [0, 0.1) is 12.8 Å². The number of nitrogens with zero attached hydrogens (tertiary/aromatic N) is 2. The number of hydrogen-bond donors (Lipinski definition) is 1. The number of rotatable bonds is 5. The topological polar surface area (TPSA) is 49.0 Å². The average Bonchev–Trinajstić information content (AvgIpc) is 3.17. The Kier molecular flexibility index (Phi) is 5.60. The van der Waals surface area contributed by atoms with Gasteiger partial charge < -0.3 is 9.88 Å². The van der Waals surface area contributed by atoms with Crippen molar-refractivity contribution in [2.45, 2.75) is 39.0 Å². The number of H-pyrrole nitrogens is 1. The smallest absolute Gasteiger partial charge is 0.295 e. The lowest BCUT2D eigenvalue weighted by Crippen LogP contribution is -2.38. The number of fused-ring (bicyclic) bond motifs is 1. The van der Waals surface area contributed by atoms with Crippen molar-refractivity contribution in [3.8, 4) is 0 Å². The maximum atomic E-state index is 12.8. The monoisotopic (exact) mass is 397 g/mol. The van der Waals surface area contributed by atoms with E-state index in [9.17, 15) is 13.6 Å². The van der Waals surface area contributed by atoms with Gasteiger partial charge in [-0.2, -0.15) is 0 Å². The summed E-state index contributed by atoms with van der Waals surface area (Å²) in [6, 6.07) is 13.6. The number of benzene rings is 2. The van der Waals surface area contributed by atoms with Gasteiger partial charge in [-0.1, -0.05) is 29.8 Å². The average molecular weight is 397 g/mol. The SMILES string of the molecule is Cc1ccc(CCC2CCN(C(=O)c3ccc4nc(C(F)F)[nH]c4c3)CC2)cc1. The molecule has 1 N–H and O–H groups in total. The van der Waals surface area contributed by atoms with Gasteiger partial charge in [0, 0.05) is 18.7 Å². The number of carbonyl (C=O) groups excluding carboxylic acids is 1. The van der Waals surface area contributed by atoms with Gasteiger partial charge in [0.2, 0.25) is 0 Å². The summed E-state index contributed by atoms with van der Waals surface area (Å²) in [6.07, 6.45) is 1.56. The van der Waals surface area contributed by atoms with E-state index in [1.807, 2.05) is 4.90 Å². The van der Waals surface area contributed by atoms with E-state index in [1.165, 1.54) is 11.1 Å². The number of aryl methyl sites for hydroxylation is 2. The Morgan fingerprint density at radius 3 is 2.59 bits per heavy atom. The molecule has 4 nitrogen and oxygen atoms in total. The number of imidazole rings is 1. The summed E-state index contributed by atoms with van der Waals surface area (Å²) < 4.78 is 25.6. The Morgan fingerprint density at radius 1 is 1.17 bits per heavy atom. The van der Waals surface area contributed by atoms with Crippen LogP contribution in [0.25, 0.3) is 11.0 Å². The molecule has 2 aromatic carbocycles. The van der Waals surface area contributed by atoms with Gasteiger partial charge in [0.25, 0.3) is 12.3 Å². The van der Waals surface area contributed by atoms with Crippen molar-refractivity contribution in [1.29, 1.82) is 0 Å². The highest BCUT2D eigenvalue weighted by molar-refractivity contribution is 5.97. The molecule has 0 radical (unpaired) electrons. The first-order valence-electron chi connectivity index (χ1n) is 10.1. The Morgan fingerprint density at radius 2 is 1.90 bits per heavy atom. The lowest BCUT2D eigenvalue weighted by Gasteiger charge is -2.32. The molecular formula is C23H25F2N3O. The second kappa shape index (κ2) is 8.31. The van der Waals surface area contributed by atoms with Gasteiger partial charge in [-0.05, 0) is 62.3 Å². The number of carbonyl (C=O) groups is 1. The van der Waals surface area contributed by atoms with Crippen molar-refractivity contribution in [3.05, 3.63) is 65.0 Å². The number of halogens is 2. The van der Waals surface area contributed by atoms with E-state index < -0.39 is 6.43 Å². The summed E-state index contributed by atoms with van der Waals surface area (Å²) in [7, 11) is 0. The first-order valence-corrected chi connectivity index (χ1v) is 10.1. The van der Waals surface area contributed by atoms with Gasteiger partial charge in [-0.3, -0.25) is 4.79 Å². The maximum Gasteiger partial charge on any atom is 0.295 e. The van der Waals surface area contributed by atoms with Crippen molar-refractivity contribution >= 4 is 16.9 Å².